The summed E-state index contributed by atoms with van der Waals surface area (Å²) in [5, 5.41) is 6.67. The van der Waals surface area contributed by atoms with Crippen molar-refractivity contribution in [2.75, 3.05) is 25.6 Å². The molecule has 3 aliphatic heterocycles. The lowest BCUT2D eigenvalue weighted by molar-refractivity contribution is -0.141. The van der Waals surface area contributed by atoms with Gasteiger partial charge in [-0.1, -0.05) is 56.5 Å². The van der Waals surface area contributed by atoms with Gasteiger partial charge in [0.2, 0.25) is 17.7 Å². The first-order valence-corrected chi connectivity index (χ1v) is 13.7. The van der Waals surface area contributed by atoms with Crippen molar-refractivity contribution < 1.29 is 23.9 Å². The summed E-state index contributed by atoms with van der Waals surface area (Å²) in [5.41, 5.74) is -0.617. The number of methoxy groups -OCH3 is 1. The third-order valence-corrected chi connectivity index (χ3v) is 9.03. The highest BCUT2D eigenvalue weighted by molar-refractivity contribution is 6.30. The fourth-order valence-electron chi connectivity index (χ4n) is 6.73. The number of nitrogens with zero attached hydrogens (tertiary/aromatic N) is 1. The van der Waals surface area contributed by atoms with Gasteiger partial charge in [0.1, 0.15) is 11.6 Å². The third kappa shape index (κ3) is 4.57. The molecule has 8 nitrogen and oxygen atoms in total. The Morgan fingerprint density at radius 3 is 2.81 bits per heavy atom. The number of nitrogens with one attached hydrogen (secondary N) is 2. The number of halogens is 1. The van der Waals surface area contributed by atoms with Crippen LogP contribution in [0.1, 0.15) is 39.5 Å². The Hall–Kier alpha value is -2.42. The topological polar surface area (TPSA) is 97.0 Å². The quantitative estimate of drug-likeness (QED) is 0.397. The second kappa shape index (κ2) is 10.4. The van der Waals surface area contributed by atoms with Gasteiger partial charge in [-0.05, 0) is 42.9 Å². The first-order valence-electron chi connectivity index (χ1n) is 13.3. The summed E-state index contributed by atoms with van der Waals surface area (Å²) in [6.45, 7) is 5.22. The minimum absolute atomic E-state index is 0.0483. The molecule has 2 saturated heterocycles. The van der Waals surface area contributed by atoms with E-state index in [1.54, 1.807) is 36.3 Å². The number of rotatable bonds is 8. The van der Waals surface area contributed by atoms with E-state index >= 15 is 0 Å². The summed E-state index contributed by atoms with van der Waals surface area (Å²) >= 11 is 6.09. The van der Waals surface area contributed by atoms with Gasteiger partial charge in [-0.3, -0.25) is 14.4 Å². The zero-order valence-electron chi connectivity index (χ0n) is 21.6. The molecule has 0 unspecified atom stereocenters. The average Bonchev–Trinajstić information content (AvgIpc) is 3.50. The van der Waals surface area contributed by atoms with Crippen molar-refractivity contribution in [2.45, 2.75) is 63.3 Å². The van der Waals surface area contributed by atoms with Crippen molar-refractivity contribution >= 4 is 35.0 Å². The molecular formula is C28H36ClN3O5. The zero-order valence-corrected chi connectivity index (χ0v) is 22.4. The minimum Gasteiger partial charge on any atom is -0.385 e. The van der Waals surface area contributed by atoms with Gasteiger partial charge in [-0.15, -0.1) is 0 Å². The Morgan fingerprint density at radius 1 is 1.24 bits per heavy atom. The largest absolute Gasteiger partial charge is 0.385 e. The number of hydrogen-bond acceptors (Lipinski definition) is 5. The number of ether oxygens (including phenoxy) is 2. The van der Waals surface area contributed by atoms with Gasteiger partial charge in [0, 0.05) is 37.0 Å². The maximum Gasteiger partial charge on any atom is 0.246 e. The molecule has 1 saturated carbocycles. The van der Waals surface area contributed by atoms with E-state index in [4.69, 9.17) is 21.1 Å². The Bertz CT molecular complexity index is 1100. The molecule has 37 heavy (non-hydrogen) atoms. The number of amides is 3. The van der Waals surface area contributed by atoms with Crippen molar-refractivity contribution in [2.24, 2.45) is 23.7 Å². The second-order valence-electron chi connectivity index (χ2n) is 11.0. The average molecular weight is 530 g/mol. The van der Waals surface area contributed by atoms with E-state index in [2.05, 4.69) is 24.5 Å². The molecule has 2 N–H and O–H groups in total. The predicted molar refractivity (Wildman–Crippen MR) is 140 cm³/mol. The number of fused-ring (bicyclic) bond motifs is 1. The van der Waals surface area contributed by atoms with Crippen LogP contribution in [0.4, 0.5) is 5.69 Å². The highest BCUT2D eigenvalue weighted by atomic mass is 35.5. The number of benzene rings is 1. The highest BCUT2D eigenvalue weighted by Gasteiger charge is 2.72. The fourth-order valence-corrected chi connectivity index (χ4v) is 6.92. The summed E-state index contributed by atoms with van der Waals surface area (Å²) in [4.78, 5) is 42.9. The van der Waals surface area contributed by atoms with E-state index in [0.717, 1.165) is 19.3 Å². The van der Waals surface area contributed by atoms with Gasteiger partial charge < -0.3 is 25.0 Å². The molecule has 2 bridgehead atoms. The lowest BCUT2D eigenvalue weighted by Gasteiger charge is -2.38. The molecule has 5 rings (SSSR count). The van der Waals surface area contributed by atoms with E-state index in [9.17, 15) is 14.4 Å². The monoisotopic (exact) mass is 529 g/mol. The van der Waals surface area contributed by atoms with Crippen LogP contribution >= 0.6 is 11.6 Å². The molecule has 3 amide bonds. The summed E-state index contributed by atoms with van der Waals surface area (Å²) in [5.74, 6) is -1.40. The van der Waals surface area contributed by atoms with Crippen LogP contribution in [0, 0.1) is 23.7 Å². The maximum atomic E-state index is 13.9. The van der Waals surface area contributed by atoms with Crippen LogP contribution in [0.5, 0.6) is 0 Å². The molecule has 200 valence electrons. The molecule has 1 aromatic rings. The van der Waals surface area contributed by atoms with Crippen molar-refractivity contribution in [1.82, 2.24) is 10.2 Å². The Balaban J connectivity index is 1.42. The van der Waals surface area contributed by atoms with Crippen LogP contribution in [0.2, 0.25) is 5.02 Å². The number of carbonyl (C=O) groups is 3. The summed E-state index contributed by atoms with van der Waals surface area (Å²) < 4.78 is 11.6. The normalized spacial score (nSPS) is 36.1. The molecule has 4 aliphatic rings. The standard InChI is InChI=1S/C28H36ClN3O5/c1-16-7-4-10-20(17(16)2)31-26(34)24-28-12-11-21(37-28)22(23(28)27(35)32(24)13-6-14-36-3)25(33)30-19-9-5-8-18(29)15-19/h5,8-9,11-12,15-17,20-24H,4,6-7,10,13-14H2,1-3H3,(H,30,33)(H,31,34)/t16-,17-,20+,21+,22+,23+,24-,28-/m0/s1. The van der Waals surface area contributed by atoms with Crippen molar-refractivity contribution in [1.29, 1.82) is 0 Å². The van der Waals surface area contributed by atoms with Gasteiger partial charge in [0.15, 0.2) is 0 Å². The van der Waals surface area contributed by atoms with E-state index in [0.29, 0.717) is 42.1 Å². The van der Waals surface area contributed by atoms with Crippen LogP contribution in [0.3, 0.4) is 0 Å². The first kappa shape index (κ1) is 26.2. The van der Waals surface area contributed by atoms with Gasteiger partial charge in [0.05, 0.1) is 17.9 Å². The molecule has 1 aromatic carbocycles. The summed E-state index contributed by atoms with van der Waals surface area (Å²) in [7, 11) is 1.61. The Labute approximate surface area is 223 Å². The van der Waals surface area contributed by atoms with Crippen LogP contribution in [0.25, 0.3) is 0 Å². The van der Waals surface area contributed by atoms with Gasteiger partial charge in [-0.25, -0.2) is 0 Å². The summed E-state index contributed by atoms with van der Waals surface area (Å²) in [6.07, 6.45) is 6.82. The van der Waals surface area contributed by atoms with Crippen molar-refractivity contribution in [3.63, 3.8) is 0 Å². The SMILES string of the molecule is COCCCN1C(=O)[C@H]2[C@H](C(=O)Nc3cccc(Cl)c3)[C@H]3C=C[C@@]2(O3)[C@@H]1C(=O)N[C@@H]1CCC[C@H](C)[C@@H]1C. The Morgan fingerprint density at radius 2 is 2.05 bits per heavy atom. The van der Waals surface area contributed by atoms with Crippen LogP contribution in [-0.2, 0) is 23.9 Å². The fraction of sp³-hybridized carbons (Fsp3) is 0.607. The van der Waals surface area contributed by atoms with Crippen LogP contribution < -0.4 is 10.6 Å². The minimum atomic E-state index is -1.17. The second-order valence-corrected chi connectivity index (χ2v) is 11.4. The predicted octanol–water partition coefficient (Wildman–Crippen LogP) is 3.41. The van der Waals surface area contributed by atoms with Crippen LogP contribution in [-0.4, -0.2) is 66.7 Å². The van der Waals surface area contributed by atoms with E-state index in [1.165, 1.54) is 0 Å². The molecular weight excluding hydrogens is 494 g/mol. The zero-order chi connectivity index (χ0) is 26.3. The highest BCUT2D eigenvalue weighted by Crippen LogP contribution is 2.55. The lowest BCUT2D eigenvalue weighted by Crippen LogP contribution is -2.58. The van der Waals surface area contributed by atoms with Gasteiger partial charge in [0.25, 0.3) is 0 Å². The number of anilines is 1. The van der Waals surface area contributed by atoms with Crippen molar-refractivity contribution in [3.8, 4) is 0 Å². The van der Waals surface area contributed by atoms with E-state index in [1.807, 2.05) is 12.2 Å². The van der Waals surface area contributed by atoms with Crippen molar-refractivity contribution in [3.05, 3.63) is 41.4 Å². The van der Waals surface area contributed by atoms with Gasteiger partial charge >= 0.3 is 0 Å². The number of likely N-dealkylation sites (tertiary alicyclic amines) is 1. The third-order valence-electron chi connectivity index (χ3n) is 8.80. The molecule has 0 radical (unpaired) electrons. The first-order chi connectivity index (χ1) is 17.8. The summed E-state index contributed by atoms with van der Waals surface area (Å²) in [6, 6.07) is 6.10. The number of hydrogen-bond donors (Lipinski definition) is 2. The molecule has 3 fully saturated rings. The molecule has 3 heterocycles. The Kier molecular flexibility index (Phi) is 7.35. The molecule has 9 heteroatoms. The molecule has 1 aliphatic carbocycles. The smallest absolute Gasteiger partial charge is 0.246 e. The number of carbonyl (C=O) groups excluding carboxylic acids is 3. The molecule has 1 spiro atoms. The van der Waals surface area contributed by atoms with E-state index in [-0.39, 0.29) is 23.8 Å². The van der Waals surface area contributed by atoms with E-state index < -0.39 is 29.6 Å². The molecule has 8 atom stereocenters. The lowest BCUT2D eigenvalue weighted by atomic mass is 9.73. The van der Waals surface area contributed by atoms with Gasteiger partial charge in [-0.2, -0.15) is 0 Å². The van der Waals surface area contributed by atoms with Crippen LogP contribution in [0.15, 0.2) is 36.4 Å². The molecule has 0 aromatic heterocycles. The maximum absolute atomic E-state index is 13.9.